The molecule has 3 atom stereocenters. The fraction of sp³-hybridized carbons (Fsp3) is 0.600. The van der Waals surface area contributed by atoms with Crippen LogP contribution in [0.1, 0.15) is 32.1 Å². The van der Waals surface area contributed by atoms with Crippen molar-refractivity contribution in [3.05, 3.63) is 29.3 Å². The van der Waals surface area contributed by atoms with E-state index in [1.807, 2.05) is 24.3 Å². The first-order valence-corrected chi connectivity index (χ1v) is 8.86. The monoisotopic (exact) mass is 331 g/mol. The number of rotatable bonds is 7. The molecular formula is C15H22ClNO3S. The number of ether oxygens (including phenoxy) is 1. The Kier molecular flexibility index (Phi) is 6.96. The first-order valence-electron chi connectivity index (χ1n) is 7.38. The zero-order chi connectivity index (χ0) is 15.1. The summed E-state index contributed by atoms with van der Waals surface area (Å²) < 4.78 is 27.8. The van der Waals surface area contributed by atoms with Gasteiger partial charge in [0.15, 0.2) is 0 Å². The van der Waals surface area contributed by atoms with Crippen LogP contribution in [-0.2, 0) is 11.3 Å². The van der Waals surface area contributed by atoms with Gasteiger partial charge in [0.25, 0.3) is 0 Å². The molecule has 0 saturated heterocycles. The Bertz CT molecular complexity index is 455. The van der Waals surface area contributed by atoms with Crippen molar-refractivity contribution in [1.29, 1.82) is 0 Å². The Morgan fingerprint density at radius 3 is 2.57 bits per heavy atom. The summed E-state index contributed by atoms with van der Waals surface area (Å²) in [4.78, 5) is 0. The molecule has 6 heteroatoms. The predicted molar refractivity (Wildman–Crippen MR) is 85.8 cm³/mol. The summed E-state index contributed by atoms with van der Waals surface area (Å²) in [7, 11) is 0. The van der Waals surface area contributed by atoms with Gasteiger partial charge >= 0.3 is 0 Å². The SMILES string of the molecule is O=S(O)NCCC1CCCCC1COc1ccc(Cl)cc1. The van der Waals surface area contributed by atoms with Crippen molar-refractivity contribution in [2.24, 2.45) is 11.8 Å². The summed E-state index contributed by atoms with van der Waals surface area (Å²) >= 11 is 3.95. The van der Waals surface area contributed by atoms with Crippen molar-refractivity contribution in [2.75, 3.05) is 13.2 Å². The van der Waals surface area contributed by atoms with Crippen molar-refractivity contribution in [1.82, 2.24) is 4.72 Å². The zero-order valence-electron chi connectivity index (χ0n) is 12.0. The van der Waals surface area contributed by atoms with Crippen LogP contribution in [0.3, 0.4) is 0 Å². The van der Waals surface area contributed by atoms with Gasteiger partial charge in [0.1, 0.15) is 5.75 Å². The lowest BCUT2D eigenvalue weighted by Gasteiger charge is -2.31. The summed E-state index contributed by atoms with van der Waals surface area (Å²) in [5.74, 6) is 1.92. The van der Waals surface area contributed by atoms with Gasteiger partial charge in [-0.1, -0.05) is 30.9 Å². The molecular weight excluding hydrogens is 310 g/mol. The lowest BCUT2D eigenvalue weighted by Crippen LogP contribution is -2.29. The molecule has 1 fully saturated rings. The maximum Gasteiger partial charge on any atom is 0.231 e. The van der Waals surface area contributed by atoms with Crippen LogP contribution >= 0.6 is 11.6 Å². The van der Waals surface area contributed by atoms with Gasteiger partial charge < -0.3 is 4.74 Å². The standard InChI is InChI=1S/C15H22ClNO3S/c16-14-5-7-15(8-6-14)20-11-13-4-2-1-3-12(13)9-10-17-21(18)19/h5-8,12-13,17H,1-4,9-11H2,(H,18,19). The number of nitrogens with one attached hydrogen (secondary N) is 1. The Morgan fingerprint density at radius 1 is 1.24 bits per heavy atom. The Labute approximate surface area is 133 Å². The van der Waals surface area contributed by atoms with Gasteiger partial charge in [0, 0.05) is 11.6 Å². The third kappa shape index (κ3) is 5.94. The molecule has 0 aliphatic heterocycles. The maximum atomic E-state index is 10.6. The second kappa shape index (κ2) is 8.73. The van der Waals surface area contributed by atoms with Gasteiger partial charge in [-0.3, -0.25) is 4.55 Å². The van der Waals surface area contributed by atoms with Gasteiger partial charge in [-0.2, -0.15) is 0 Å². The van der Waals surface area contributed by atoms with Crippen LogP contribution in [-0.4, -0.2) is 21.9 Å². The van der Waals surface area contributed by atoms with Crippen molar-refractivity contribution in [3.63, 3.8) is 0 Å². The van der Waals surface area contributed by atoms with Gasteiger partial charge in [-0.05, 0) is 48.9 Å². The summed E-state index contributed by atoms with van der Waals surface area (Å²) in [5, 5.41) is 0.709. The normalized spacial score (nSPS) is 23.7. The van der Waals surface area contributed by atoms with Crippen LogP contribution in [0.2, 0.25) is 5.02 Å². The molecule has 1 aliphatic carbocycles. The second-order valence-corrected chi connectivity index (χ2v) is 6.73. The molecule has 3 unspecified atom stereocenters. The van der Waals surface area contributed by atoms with Gasteiger partial charge in [0.05, 0.1) is 6.61 Å². The third-order valence-corrected chi connectivity index (χ3v) is 4.79. The summed E-state index contributed by atoms with van der Waals surface area (Å²) in [6.07, 6.45) is 5.74. The molecule has 0 bridgehead atoms. The fourth-order valence-electron chi connectivity index (χ4n) is 2.95. The quantitative estimate of drug-likeness (QED) is 0.750. The highest BCUT2D eigenvalue weighted by Gasteiger charge is 2.25. The third-order valence-electron chi connectivity index (χ3n) is 4.08. The van der Waals surface area contributed by atoms with Crippen molar-refractivity contribution in [3.8, 4) is 5.75 Å². The number of benzene rings is 1. The summed E-state index contributed by atoms with van der Waals surface area (Å²) in [6, 6.07) is 7.43. The number of hydrogen-bond acceptors (Lipinski definition) is 2. The second-order valence-electron chi connectivity index (χ2n) is 5.50. The largest absolute Gasteiger partial charge is 0.493 e. The minimum Gasteiger partial charge on any atom is -0.493 e. The molecule has 4 nitrogen and oxygen atoms in total. The number of hydrogen-bond donors (Lipinski definition) is 2. The first kappa shape index (κ1) is 16.7. The van der Waals surface area contributed by atoms with Crippen molar-refractivity contribution >= 4 is 22.9 Å². The summed E-state index contributed by atoms with van der Waals surface area (Å²) in [5.41, 5.74) is 0. The lowest BCUT2D eigenvalue weighted by molar-refractivity contribution is 0.143. The molecule has 118 valence electrons. The maximum absolute atomic E-state index is 10.6. The lowest BCUT2D eigenvalue weighted by atomic mass is 9.78. The average Bonchev–Trinajstić information content (AvgIpc) is 2.47. The molecule has 2 N–H and O–H groups in total. The molecule has 0 aromatic heterocycles. The van der Waals surface area contributed by atoms with Gasteiger partial charge in [0.2, 0.25) is 11.3 Å². The van der Waals surface area contributed by atoms with E-state index < -0.39 is 11.3 Å². The highest BCUT2D eigenvalue weighted by atomic mass is 35.5. The Morgan fingerprint density at radius 2 is 1.90 bits per heavy atom. The van der Waals surface area contributed by atoms with Crippen LogP contribution in [0.5, 0.6) is 5.75 Å². The smallest absolute Gasteiger partial charge is 0.231 e. The molecule has 1 saturated carbocycles. The van der Waals surface area contributed by atoms with Gasteiger partial charge in [-0.25, -0.2) is 8.93 Å². The molecule has 2 rings (SSSR count). The van der Waals surface area contributed by atoms with E-state index in [2.05, 4.69) is 4.72 Å². The van der Waals surface area contributed by atoms with E-state index in [1.165, 1.54) is 25.7 Å². The Balaban J connectivity index is 1.80. The van der Waals surface area contributed by atoms with Crippen LogP contribution in [0.15, 0.2) is 24.3 Å². The molecule has 0 radical (unpaired) electrons. The molecule has 0 heterocycles. The molecule has 0 amide bonds. The van der Waals surface area contributed by atoms with Crippen LogP contribution in [0.25, 0.3) is 0 Å². The van der Waals surface area contributed by atoms with Crippen molar-refractivity contribution < 1.29 is 13.5 Å². The minimum absolute atomic E-state index is 0.517. The highest BCUT2D eigenvalue weighted by molar-refractivity contribution is 7.77. The topological polar surface area (TPSA) is 58.6 Å². The van der Waals surface area contributed by atoms with E-state index in [9.17, 15) is 4.21 Å². The zero-order valence-corrected chi connectivity index (χ0v) is 13.5. The fourth-order valence-corrected chi connectivity index (χ4v) is 3.37. The molecule has 21 heavy (non-hydrogen) atoms. The average molecular weight is 332 g/mol. The molecule has 1 aromatic rings. The molecule has 1 aliphatic rings. The first-order chi connectivity index (χ1) is 10.1. The Hall–Kier alpha value is -0.620. The minimum atomic E-state index is -1.91. The predicted octanol–water partition coefficient (Wildman–Crippen LogP) is 3.64. The van der Waals surface area contributed by atoms with Crippen LogP contribution in [0, 0.1) is 11.8 Å². The van der Waals surface area contributed by atoms with Crippen LogP contribution < -0.4 is 9.46 Å². The van der Waals surface area contributed by atoms with E-state index >= 15 is 0 Å². The summed E-state index contributed by atoms with van der Waals surface area (Å²) in [6.45, 7) is 1.28. The highest BCUT2D eigenvalue weighted by Crippen LogP contribution is 2.32. The van der Waals surface area contributed by atoms with Gasteiger partial charge in [-0.15, -0.1) is 0 Å². The van der Waals surface area contributed by atoms with E-state index in [0.717, 1.165) is 12.2 Å². The van der Waals surface area contributed by atoms with E-state index in [1.54, 1.807) is 0 Å². The molecule has 0 spiro atoms. The van der Waals surface area contributed by atoms with Crippen LogP contribution in [0.4, 0.5) is 0 Å². The number of halogens is 1. The van der Waals surface area contributed by atoms with E-state index in [4.69, 9.17) is 20.9 Å². The van der Waals surface area contributed by atoms with E-state index in [0.29, 0.717) is 30.0 Å². The van der Waals surface area contributed by atoms with Crippen molar-refractivity contribution in [2.45, 2.75) is 32.1 Å². The molecule has 1 aromatic carbocycles. The van der Waals surface area contributed by atoms with E-state index in [-0.39, 0.29) is 0 Å².